The second-order valence-electron chi connectivity index (χ2n) is 5.52. The van der Waals surface area contributed by atoms with Crippen LogP contribution in [0.15, 0.2) is 58.9 Å². The number of ether oxygens (including phenoxy) is 1. The molecule has 110 valence electrons. The van der Waals surface area contributed by atoms with E-state index in [-0.39, 0.29) is 6.04 Å². The lowest BCUT2D eigenvalue weighted by Crippen LogP contribution is -2.31. The molecule has 1 aliphatic rings. The molecule has 0 aliphatic carbocycles. The zero-order chi connectivity index (χ0) is 15.1. The molecule has 0 saturated heterocycles. The van der Waals surface area contributed by atoms with Crippen LogP contribution in [0.3, 0.4) is 0 Å². The van der Waals surface area contributed by atoms with E-state index >= 15 is 0 Å². The summed E-state index contributed by atoms with van der Waals surface area (Å²) in [7, 11) is 3.91. The zero-order valence-corrected chi connectivity index (χ0v) is 13.3. The molecule has 3 aromatic rings. The maximum atomic E-state index is 6.01. The maximum Gasteiger partial charge on any atom is 0.293 e. The van der Waals surface area contributed by atoms with Gasteiger partial charge in [0.1, 0.15) is 11.8 Å². The van der Waals surface area contributed by atoms with Gasteiger partial charge >= 0.3 is 0 Å². The molecule has 0 N–H and O–H groups in total. The van der Waals surface area contributed by atoms with Gasteiger partial charge in [-0.1, -0.05) is 36.4 Å². The average Bonchev–Trinajstić information content (AvgIpc) is 3.07. The summed E-state index contributed by atoms with van der Waals surface area (Å²) in [5.74, 6) is 0.899. The Balaban J connectivity index is 1.99. The molecule has 22 heavy (non-hydrogen) atoms. The molecule has 0 bridgehead atoms. The summed E-state index contributed by atoms with van der Waals surface area (Å²) in [6.45, 7) is 0. The van der Waals surface area contributed by atoms with Gasteiger partial charge in [-0.05, 0) is 28.3 Å². The molecule has 4 rings (SSSR count). The molecule has 1 atom stereocenters. The summed E-state index contributed by atoms with van der Waals surface area (Å²) in [6.07, 6.45) is 0. The molecule has 0 amide bonds. The molecule has 1 unspecified atom stereocenters. The van der Waals surface area contributed by atoms with Crippen molar-refractivity contribution in [2.45, 2.75) is 6.04 Å². The molecule has 3 nitrogen and oxygen atoms in total. The van der Waals surface area contributed by atoms with E-state index in [1.165, 1.54) is 15.6 Å². The topological polar surface area (TPSA) is 24.8 Å². The van der Waals surface area contributed by atoms with Crippen LogP contribution in [0.4, 0.5) is 0 Å². The largest absolute Gasteiger partial charge is 0.426 e. The summed E-state index contributed by atoms with van der Waals surface area (Å²) in [5, 5.41) is 4.52. The van der Waals surface area contributed by atoms with E-state index in [2.05, 4.69) is 53.9 Å². The van der Waals surface area contributed by atoms with Crippen molar-refractivity contribution in [1.29, 1.82) is 0 Å². The van der Waals surface area contributed by atoms with E-state index in [1.807, 2.05) is 19.0 Å². The van der Waals surface area contributed by atoms with Crippen LogP contribution in [0, 0.1) is 0 Å². The standard InChI is InChI=1S/C18H16N2OS/c1-20(2)18-19-17(15-8-5-11-22-15)16-13-7-4-3-6-12(13)9-10-14(16)21-18/h3-11,17H,1-2H3. The molecule has 2 heterocycles. The van der Waals surface area contributed by atoms with Gasteiger partial charge in [0.25, 0.3) is 6.02 Å². The van der Waals surface area contributed by atoms with Crippen molar-refractivity contribution < 1.29 is 4.74 Å². The predicted octanol–water partition coefficient (Wildman–Crippen LogP) is 4.30. The highest BCUT2D eigenvalue weighted by Gasteiger charge is 2.28. The fourth-order valence-electron chi connectivity index (χ4n) is 2.81. The number of hydrogen-bond donors (Lipinski definition) is 0. The van der Waals surface area contributed by atoms with Crippen molar-refractivity contribution in [3.05, 3.63) is 64.4 Å². The first-order valence-corrected chi connectivity index (χ1v) is 8.10. The molecule has 0 spiro atoms. The van der Waals surface area contributed by atoms with Gasteiger partial charge < -0.3 is 9.64 Å². The second-order valence-corrected chi connectivity index (χ2v) is 6.50. The summed E-state index contributed by atoms with van der Waals surface area (Å²) in [5.41, 5.74) is 1.16. The number of benzene rings is 2. The Morgan fingerprint density at radius 2 is 1.91 bits per heavy atom. The lowest BCUT2D eigenvalue weighted by Gasteiger charge is -2.27. The third-order valence-corrected chi connectivity index (χ3v) is 4.76. The summed E-state index contributed by atoms with van der Waals surface area (Å²) < 4.78 is 6.01. The van der Waals surface area contributed by atoms with Gasteiger partial charge in [-0.3, -0.25) is 0 Å². The van der Waals surface area contributed by atoms with E-state index in [0.717, 1.165) is 11.3 Å². The van der Waals surface area contributed by atoms with Gasteiger partial charge in [0.15, 0.2) is 0 Å². The van der Waals surface area contributed by atoms with Crippen LogP contribution in [0.1, 0.15) is 16.5 Å². The van der Waals surface area contributed by atoms with Crippen LogP contribution in [-0.2, 0) is 0 Å². The van der Waals surface area contributed by atoms with Gasteiger partial charge in [0.2, 0.25) is 0 Å². The Bertz CT molecular complexity index is 853. The van der Waals surface area contributed by atoms with E-state index < -0.39 is 0 Å². The number of nitrogens with zero attached hydrogens (tertiary/aromatic N) is 2. The first kappa shape index (κ1) is 13.3. The van der Waals surface area contributed by atoms with Crippen LogP contribution in [0.5, 0.6) is 5.75 Å². The van der Waals surface area contributed by atoms with Crippen molar-refractivity contribution in [1.82, 2.24) is 4.90 Å². The molecular weight excluding hydrogens is 292 g/mol. The van der Waals surface area contributed by atoms with Crippen molar-refractivity contribution in [2.75, 3.05) is 14.1 Å². The number of hydrogen-bond acceptors (Lipinski definition) is 4. The summed E-state index contributed by atoms with van der Waals surface area (Å²) in [6, 6.07) is 17.4. The highest BCUT2D eigenvalue weighted by molar-refractivity contribution is 7.10. The molecular formula is C18H16N2OS. The Hall–Kier alpha value is -2.33. The van der Waals surface area contributed by atoms with Crippen LogP contribution in [-0.4, -0.2) is 25.0 Å². The molecule has 1 aromatic heterocycles. The summed E-state index contributed by atoms with van der Waals surface area (Å²) >= 11 is 1.73. The predicted molar refractivity (Wildman–Crippen MR) is 91.9 cm³/mol. The quantitative estimate of drug-likeness (QED) is 0.669. The molecule has 0 saturated carbocycles. The number of fused-ring (bicyclic) bond motifs is 3. The fraction of sp³-hybridized carbons (Fsp3) is 0.167. The normalized spacial score (nSPS) is 16.8. The smallest absolute Gasteiger partial charge is 0.293 e. The number of thiophene rings is 1. The zero-order valence-electron chi connectivity index (χ0n) is 12.5. The Kier molecular flexibility index (Phi) is 3.12. The Labute approximate surface area is 133 Å². The van der Waals surface area contributed by atoms with Gasteiger partial charge in [0, 0.05) is 24.5 Å². The minimum Gasteiger partial charge on any atom is -0.426 e. The monoisotopic (exact) mass is 308 g/mol. The highest BCUT2D eigenvalue weighted by atomic mass is 32.1. The highest BCUT2D eigenvalue weighted by Crippen LogP contribution is 2.42. The number of aliphatic imine (C=N–C) groups is 1. The second kappa shape index (κ2) is 5.14. The minimum absolute atomic E-state index is 0.00718. The third-order valence-electron chi connectivity index (χ3n) is 3.84. The lowest BCUT2D eigenvalue weighted by molar-refractivity contribution is 0.408. The van der Waals surface area contributed by atoms with E-state index in [4.69, 9.17) is 9.73 Å². The van der Waals surface area contributed by atoms with Crippen molar-refractivity contribution in [2.24, 2.45) is 4.99 Å². The van der Waals surface area contributed by atoms with E-state index in [1.54, 1.807) is 11.3 Å². The molecule has 4 heteroatoms. The Morgan fingerprint density at radius 3 is 2.68 bits per heavy atom. The van der Waals surface area contributed by atoms with Crippen molar-refractivity contribution in [3.63, 3.8) is 0 Å². The SMILES string of the molecule is CN(C)C1=NC(c2cccs2)c2c(ccc3ccccc23)O1. The average molecular weight is 308 g/mol. The Morgan fingerprint density at radius 1 is 1.05 bits per heavy atom. The van der Waals surface area contributed by atoms with Crippen LogP contribution < -0.4 is 4.74 Å². The number of rotatable bonds is 1. The fourth-order valence-corrected chi connectivity index (χ4v) is 3.58. The van der Waals surface area contributed by atoms with Crippen LogP contribution in [0.25, 0.3) is 10.8 Å². The third kappa shape index (κ3) is 2.07. The first-order valence-electron chi connectivity index (χ1n) is 7.22. The van der Waals surface area contributed by atoms with Gasteiger partial charge in [-0.2, -0.15) is 0 Å². The molecule has 2 aromatic carbocycles. The maximum absolute atomic E-state index is 6.01. The first-order chi connectivity index (χ1) is 10.7. The van der Waals surface area contributed by atoms with E-state index in [0.29, 0.717) is 6.02 Å². The van der Waals surface area contributed by atoms with Gasteiger partial charge in [-0.25, -0.2) is 4.99 Å². The minimum atomic E-state index is -0.00718. The van der Waals surface area contributed by atoms with Crippen LogP contribution in [0.2, 0.25) is 0 Å². The molecule has 1 aliphatic heterocycles. The lowest BCUT2D eigenvalue weighted by atomic mass is 9.96. The number of amidine groups is 1. The van der Waals surface area contributed by atoms with Gasteiger partial charge in [0.05, 0.1) is 0 Å². The summed E-state index contributed by atoms with van der Waals surface area (Å²) in [4.78, 5) is 8.00. The van der Waals surface area contributed by atoms with Gasteiger partial charge in [-0.15, -0.1) is 11.3 Å². The van der Waals surface area contributed by atoms with Crippen LogP contribution >= 0.6 is 11.3 Å². The van der Waals surface area contributed by atoms with E-state index in [9.17, 15) is 0 Å². The molecule has 0 fully saturated rings. The molecule has 0 radical (unpaired) electrons. The van der Waals surface area contributed by atoms with Crippen molar-refractivity contribution in [3.8, 4) is 5.75 Å². The van der Waals surface area contributed by atoms with Crippen molar-refractivity contribution >= 4 is 28.1 Å².